The molecule has 1 aliphatic heterocycles. The molecule has 0 aromatic carbocycles. The molecule has 1 heterocycles. The van der Waals surface area contributed by atoms with Gasteiger partial charge in [0.2, 0.25) is 0 Å². The van der Waals surface area contributed by atoms with Crippen LogP contribution < -0.4 is 5.32 Å². The van der Waals surface area contributed by atoms with Crippen molar-refractivity contribution in [3.63, 3.8) is 0 Å². The highest BCUT2D eigenvalue weighted by Crippen LogP contribution is 2.44. The summed E-state index contributed by atoms with van der Waals surface area (Å²) in [6.45, 7) is 5.37. The van der Waals surface area contributed by atoms with Crippen molar-refractivity contribution >= 4 is 0 Å². The average Bonchev–Trinajstić information content (AvgIpc) is 3.27. The van der Waals surface area contributed by atoms with Crippen molar-refractivity contribution in [3.8, 4) is 6.07 Å². The molecule has 2 saturated carbocycles. The fourth-order valence-electron chi connectivity index (χ4n) is 4.23. The molecule has 1 unspecified atom stereocenters. The minimum Gasteiger partial charge on any atom is -0.300 e. The van der Waals surface area contributed by atoms with Gasteiger partial charge in [-0.05, 0) is 64.0 Å². The molecule has 2 aliphatic carbocycles. The average molecular weight is 275 g/mol. The van der Waals surface area contributed by atoms with Gasteiger partial charge in [-0.1, -0.05) is 19.3 Å². The molecule has 0 amide bonds. The number of likely N-dealkylation sites (tertiary alicyclic amines) is 1. The predicted octanol–water partition coefficient (Wildman–Crippen LogP) is 3.07. The molecule has 1 N–H and O–H groups in total. The second-order valence-corrected chi connectivity index (χ2v) is 7.70. The van der Waals surface area contributed by atoms with E-state index in [1.807, 2.05) is 0 Å². The second kappa shape index (κ2) is 5.66. The lowest BCUT2D eigenvalue weighted by Gasteiger charge is -2.45. The van der Waals surface area contributed by atoms with Gasteiger partial charge in [0.15, 0.2) is 0 Å². The highest BCUT2D eigenvalue weighted by Gasteiger charge is 2.38. The summed E-state index contributed by atoms with van der Waals surface area (Å²) in [6, 6.07) is 3.12. The van der Waals surface area contributed by atoms with E-state index < -0.39 is 0 Å². The van der Waals surface area contributed by atoms with Crippen LogP contribution in [0.2, 0.25) is 0 Å². The molecule has 112 valence electrons. The molecule has 0 aromatic heterocycles. The monoisotopic (exact) mass is 275 g/mol. The minimum atomic E-state index is -0.349. The second-order valence-electron chi connectivity index (χ2n) is 7.70. The lowest BCUT2D eigenvalue weighted by molar-refractivity contribution is 0.0586. The predicted molar refractivity (Wildman–Crippen MR) is 81.4 cm³/mol. The normalized spacial score (nSPS) is 29.8. The molecule has 3 rings (SSSR count). The quantitative estimate of drug-likeness (QED) is 0.857. The number of nitriles is 1. The zero-order valence-corrected chi connectivity index (χ0v) is 13.0. The Labute approximate surface area is 123 Å². The van der Waals surface area contributed by atoms with Crippen molar-refractivity contribution in [1.82, 2.24) is 10.2 Å². The van der Waals surface area contributed by atoms with Crippen LogP contribution in [0.1, 0.15) is 64.7 Å². The minimum absolute atomic E-state index is 0.349. The summed E-state index contributed by atoms with van der Waals surface area (Å²) in [5, 5.41) is 13.0. The molecule has 3 aliphatic rings. The number of piperidine rings is 1. The van der Waals surface area contributed by atoms with Crippen LogP contribution in [0.25, 0.3) is 0 Å². The molecular weight excluding hydrogens is 246 g/mol. The standard InChI is InChI=1S/C17H29N3/c1-16(13-18,19-15-5-6-15)14-20-11-9-17(10-12-20)7-3-2-4-8-17/h15,19H,2-12,14H2,1H3. The zero-order valence-electron chi connectivity index (χ0n) is 13.0. The van der Waals surface area contributed by atoms with Gasteiger partial charge in [0.1, 0.15) is 5.54 Å². The number of rotatable bonds is 4. The first-order valence-electron chi connectivity index (χ1n) is 8.55. The Morgan fingerprint density at radius 1 is 1.15 bits per heavy atom. The van der Waals surface area contributed by atoms with Crippen LogP contribution in [0, 0.1) is 16.7 Å². The molecule has 3 fully saturated rings. The molecule has 3 nitrogen and oxygen atoms in total. The van der Waals surface area contributed by atoms with E-state index >= 15 is 0 Å². The Morgan fingerprint density at radius 3 is 2.35 bits per heavy atom. The van der Waals surface area contributed by atoms with Crippen LogP contribution in [0.5, 0.6) is 0 Å². The van der Waals surface area contributed by atoms with Crippen LogP contribution in [0.3, 0.4) is 0 Å². The maximum absolute atomic E-state index is 9.50. The molecule has 0 bridgehead atoms. The van der Waals surface area contributed by atoms with Gasteiger partial charge in [-0.15, -0.1) is 0 Å². The fraction of sp³-hybridized carbons (Fsp3) is 0.941. The van der Waals surface area contributed by atoms with E-state index in [4.69, 9.17) is 0 Å². The first kappa shape index (κ1) is 14.4. The number of hydrogen-bond donors (Lipinski definition) is 1. The summed E-state index contributed by atoms with van der Waals surface area (Å²) in [4.78, 5) is 2.53. The highest BCUT2D eigenvalue weighted by molar-refractivity contribution is 5.09. The van der Waals surface area contributed by atoms with Crippen molar-refractivity contribution in [1.29, 1.82) is 5.26 Å². The lowest BCUT2D eigenvalue weighted by Crippen LogP contribution is -2.53. The van der Waals surface area contributed by atoms with Crippen molar-refractivity contribution in [2.75, 3.05) is 19.6 Å². The van der Waals surface area contributed by atoms with E-state index in [9.17, 15) is 5.26 Å². The molecule has 3 heteroatoms. The van der Waals surface area contributed by atoms with Crippen molar-refractivity contribution in [2.45, 2.75) is 76.3 Å². The van der Waals surface area contributed by atoms with Crippen LogP contribution in [0.15, 0.2) is 0 Å². The Morgan fingerprint density at radius 2 is 1.80 bits per heavy atom. The number of nitrogens with zero attached hydrogens (tertiary/aromatic N) is 2. The fourth-order valence-corrected chi connectivity index (χ4v) is 4.23. The van der Waals surface area contributed by atoms with E-state index in [1.165, 1.54) is 70.9 Å². The van der Waals surface area contributed by atoms with Gasteiger partial charge in [0.25, 0.3) is 0 Å². The Balaban J connectivity index is 1.51. The van der Waals surface area contributed by atoms with E-state index in [0.29, 0.717) is 11.5 Å². The van der Waals surface area contributed by atoms with E-state index in [1.54, 1.807) is 0 Å². The maximum atomic E-state index is 9.50. The Hall–Kier alpha value is -0.590. The highest BCUT2D eigenvalue weighted by atomic mass is 15.2. The topological polar surface area (TPSA) is 39.1 Å². The van der Waals surface area contributed by atoms with Gasteiger partial charge in [-0.25, -0.2) is 0 Å². The summed E-state index contributed by atoms with van der Waals surface area (Å²) in [6.07, 6.45) is 12.5. The van der Waals surface area contributed by atoms with Gasteiger partial charge in [0, 0.05) is 12.6 Å². The molecule has 20 heavy (non-hydrogen) atoms. The summed E-state index contributed by atoms with van der Waals surface area (Å²) < 4.78 is 0. The summed E-state index contributed by atoms with van der Waals surface area (Å²) in [5.41, 5.74) is 0.319. The summed E-state index contributed by atoms with van der Waals surface area (Å²) in [7, 11) is 0. The van der Waals surface area contributed by atoms with Crippen LogP contribution >= 0.6 is 0 Å². The summed E-state index contributed by atoms with van der Waals surface area (Å²) in [5.74, 6) is 0. The largest absolute Gasteiger partial charge is 0.300 e. The first-order chi connectivity index (χ1) is 9.63. The molecule has 1 spiro atoms. The molecule has 0 aromatic rings. The van der Waals surface area contributed by atoms with Crippen LogP contribution in [0.4, 0.5) is 0 Å². The SMILES string of the molecule is CC(C#N)(CN1CCC2(CCCCC2)CC1)NC1CC1. The third kappa shape index (κ3) is 3.35. The summed E-state index contributed by atoms with van der Waals surface area (Å²) >= 11 is 0. The van der Waals surface area contributed by atoms with Crippen molar-refractivity contribution in [3.05, 3.63) is 0 Å². The van der Waals surface area contributed by atoms with Crippen LogP contribution in [-0.2, 0) is 0 Å². The van der Waals surface area contributed by atoms with Gasteiger partial charge < -0.3 is 4.90 Å². The van der Waals surface area contributed by atoms with Gasteiger partial charge in [-0.3, -0.25) is 5.32 Å². The van der Waals surface area contributed by atoms with Gasteiger partial charge in [0.05, 0.1) is 6.07 Å². The van der Waals surface area contributed by atoms with E-state index in [2.05, 4.69) is 23.2 Å². The first-order valence-corrected chi connectivity index (χ1v) is 8.55. The third-order valence-corrected chi connectivity index (χ3v) is 5.72. The molecule has 1 saturated heterocycles. The third-order valence-electron chi connectivity index (χ3n) is 5.72. The number of nitrogens with one attached hydrogen (secondary N) is 1. The molecular formula is C17H29N3. The number of hydrogen-bond acceptors (Lipinski definition) is 3. The van der Waals surface area contributed by atoms with Crippen molar-refractivity contribution in [2.24, 2.45) is 5.41 Å². The van der Waals surface area contributed by atoms with E-state index in [-0.39, 0.29) is 5.54 Å². The van der Waals surface area contributed by atoms with Gasteiger partial charge in [-0.2, -0.15) is 5.26 Å². The Kier molecular flexibility index (Phi) is 4.06. The molecule has 1 atom stereocenters. The maximum Gasteiger partial charge on any atom is 0.116 e. The molecule has 0 radical (unpaired) electrons. The van der Waals surface area contributed by atoms with Crippen LogP contribution in [-0.4, -0.2) is 36.1 Å². The van der Waals surface area contributed by atoms with E-state index in [0.717, 1.165) is 6.54 Å². The smallest absolute Gasteiger partial charge is 0.116 e. The lowest BCUT2D eigenvalue weighted by atomic mass is 9.68. The van der Waals surface area contributed by atoms with Crippen molar-refractivity contribution < 1.29 is 0 Å². The van der Waals surface area contributed by atoms with Gasteiger partial charge >= 0.3 is 0 Å². The zero-order chi connectivity index (χ0) is 14.1. The Bertz CT molecular complexity index is 366.